The topological polar surface area (TPSA) is 52.6 Å². The Kier molecular flexibility index (Phi) is 8.86. The summed E-state index contributed by atoms with van der Waals surface area (Å²) in [6.07, 6.45) is 11.5. The van der Waals surface area contributed by atoms with Crippen molar-refractivity contribution in [3.05, 3.63) is 12.2 Å². The van der Waals surface area contributed by atoms with Crippen molar-refractivity contribution in [2.45, 2.75) is 77.2 Å². The zero-order chi connectivity index (χ0) is 16.4. The van der Waals surface area contributed by atoms with Crippen LogP contribution in [0.25, 0.3) is 0 Å². The molecule has 0 aromatic heterocycles. The lowest BCUT2D eigenvalue weighted by atomic mass is 9.93. The molecule has 0 aromatic rings. The van der Waals surface area contributed by atoms with Crippen molar-refractivity contribution in [3.63, 3.8) is 0 Å². The highest BCUT2D eigenvalue weighted by molar-refractivity contribution is 5.98. The van der Waals surface area contributed by atoms with Crippen LogP contribution in [0.3, 0.4) is 0 Å². The Hall–Kier alpha value is -1.32. The van der Waals surface area contributed by atoms with E-state index in [2.05, 4.69) is 13.5 Å². The summed E-state index contributed by atoms with van der Waals surface area (Å²) < 4.78 is 9.98. The monoisotopic (exact) mass is 310 g/mol. The molecule has 22 heavy (non-hydrogen) atoms. The lowest BCUT2D eigenvalue weighted by Crippen LogP contribution is -2.26. The van der Waals surface area contributed by atoms with Crippen molar-refractivity contribution in [1.29, 1.82) is 0 Å². The van der Waals surface area contributed by atoms with Gasteiger partial charge in [0.25, 0.3) is 0 Å². The molecule has 1 saturated heterocycles. The summed E-state index contributed by atoms with van der Waals surface area (Å²) in [5.41, 5.74) is 0.229. The molecule has 4 heteroatoms. The van der Waals surface area contributed by atoms with E-state index in [4.69, 9.17) is 9.47 Å². The Labute approximate surface area is 134 Å². The number of hydrogen-bond donors (Lipinski definition) is 0. The molecule has 1 aliphatic heterocycles. The number of methoxy groups -OCH3 is 1. The zero-order valence-electron chi connectivity index (χ0n) is 14.1. The predicted molar refractivity (Wildman–Crippen MR) is 86.4 cm³/mol. The first-order valence-corrected chi connectivity index (χ1v) is 8.59. The van der Waals surface area contributed by atoms with Crippen molar-refractivity contribution in [3.8, 4) is 0 Å². The van der Waals surface area contributed by atoms with Crippen LogP contribution in [0, 0.1) is 5.92 Å². The van der Waals surface area contributed by atoms with Crippen LogP contribution in [0.4, 0.5) is 0 Å². The maximum absolute atomic E-state index is 11.7. The molecule has 0 radical (unpaired) electrons. The SMILES string of the molecule is C=C1C(=O)O[C@@H](CCCCCCCCCCC)[C@@H]1C(=O)OC. The fraction of sp³-hybridized carbons (Fsp3) is 0.778. The van der Waals surface area contributed by atoms with Crippen LogP contribution in [-0.4, -0.2) is 25.2 Å². The van der Waals surface area contributed by atoms with E-state index in [0.717, 1.165) is 12.8 Å². The normalized spacial score (nSPS) is 21.0. The van der Waals surface area contributed by atoms with Gasteiger partial charge in [0.15, 0.2) is 0 Å². The molecule has 0 aromatic carbocycles. The second-order valence-corrected chi connectivity index (χ2v) is 6.09. The molecular weight excluding hydrogens is 280 g/mol. The maximum atomic E-state index is 11.7. The minimum absolute atomic E-state index is 0.229. The number of ether oxygens (including phenoxy) is 2. The van der Waals surface area contributed by atoms with E-state index in [1.807, 2.05) is 0 Å². The van der Waals surface area contributed by atoms with Gasteiger partial charge in [0.2, 0.25) is 0 Å². The van der Waals surface area contributed by atoms with Gasteiger partial charge in [-0.3, -0.25) is 4.79 Å². The summed E-state index contributed by atoms with van der Waals surface area (Å²) in [5, 5.41) is 0. The highest BCUT2D eigenvalue weighted by Crippen LogP contribution is 2.31. The molecule has 0 saturated carbocycles. The van der Waals surface area contributed by atoms with E-state index in [0.29, 0.717) is 6.42 Å². The first-order valence-electron chi connectivity index (χ1n) is 8.59. The van der Waals surface area contributed by atoms with Crippen molar-refractivity contribution in [2.24, 2.45) is 5.92 Å². The van der Waals surface area contributed by atoms with Gasteiger partial charge in [0, 0.05) is 5.57 Å². The third-order valence-electron chi connectivity index (χ3n) is 4.32. The quantitative estimate of drug-likeness (QED) is 0.326. The summed E-state index contributed by atoms with van der Waals surface area (Å²) in [6, 6.07) is 0. The van der Waals surface area contributed by atoms with Crippen molar-refractivity contribution in [2.75, 3.05) is 7.11 Å². The van der Waals surface area contributed by atoms with Crippen LogP contribution in [0.1, 0.15) is 71.1 Å². The molecule has 0 N–H and O–H groups in total. The number of carbonyl (C=O) groups is 2. The second kappa shape index (κ2) is 10.4. The minimum Gasteiger partial charge on any atom is -0.468 e. The van der Waals surface area contributed by atoms with Crippen LogP contribution in [0.2, 0.25) is 0 Å². The molecule has 0 bridgehead atoms. The number of carbonyl (C=O) groups excluding carboxylic acids is 2. The summed E-state index contributed by atoms with van der Waals surface area (Å²) in [5.74, 6) is -1.50. The minimum atomic E-state index is -0.619. The molecular formula is C18H30O4. The molecule has 0 unspecified atom stereocenters. The second-order valence-electron chi connectivity index (χ2n) is 6.09. The summed E-state index contributed by atoms with van der Waals surface area (Å²) >= 11 is 0. The fourth-order valence-corrected chi connectivity index (χ4v) is 2.94. The van der Waals surface area contributed by atoms with Gasteiger partial charge in [0.1, 0.15) is 12.0 Å². The van der Waals surface area contributed by atoms with Gasteiger partial charge in [-0.2, -0.15) is 0 Å². The maximum Gasteiger partial charge on any atom is 0.334 e. The Bertz CT molecular complexity index is 375. The van der Waals surface area contributed by atoms with Gasteiger partial charge in [-0.05, 0) is 12.8 Å². The number of cyclic esters (lactones) is 1. The Morgan fingerprint density at radius 3 is 2.18 bits per heavy atom. The number of hydrogen-bond acceptors (Lipinski definition) is 4. The molecule has 1 fully saturated rings. The van der Waals surface area contributed by atoms with Crippen molar-refractivity contribution in [1.82, 2.24) is 0 Å². The van der Waals surface area contributed by atoms with E-state index in [1.54, 1.807) is 0 Å². The fourth-order valence-electron chi connectivity index (χ4n) is 2.94. The molecule has 0 spiro atoms. The number of esters is 2. The van der Waals surface area contributed by atoms with Gasteiger partial charge in [-0.15, -0.1) is 0 Å². The number of rotatable bonds is 11. The first-order chi connectivity index (χ1) is 10.6. The lowest BCUT2D eigenvalue weighted by Gasteiger charge is -2.15. The molecule has 4 nitrogen and oxygen atoms in total. The van der Waals surface area contributed by atoms with Crippen LogP contribution >= 0.6 is 0 Å². The van der Waals surface area contributed by atoms with Gasteiger partial charge in [0.05, 0.1) is 7.11 Å². The first kappa shape index (κ1) is 18.7. The van der Waals surface area contributed by atoms with Crippen LogP contribution in [0.5, 0.6) is 0 Å². The number of unbranched alkanes of at least 4 members (excludes halogenated alkanes) is 8. The lowest BCUT2D eigenvalue weighted by molar-refractivity contribution is -0.147. The van der Waals surface area contributed by atoms with E-state index in [-0.39, 0.29) is 5.57 Å². The van der Waals surface area contributed by atoms with Gasteiger partial charge < -0.3 is 9.47 Å². The van der Waals surface area contributed by atoms with Crippen molar-refractivity contribution >= 4 is 11.9 Å². The third kappa shape index (κ3) is 5.82. The molecule has 1 aliphatic rings. The smallest absolute Gasteiger partial charge is 0.334 e. The molecule has 0 amide bonds. The largest absolute Gasteiger partial charge is 0.468 e. The molecule has 1 rings (SSSR count). The summed E-state index contributed by atoms with van der Waals surface area (Å²) in [7, 11) is 1.33. The van der Waals surface area contributed by atoms with E-state index < -0.39 is 24.0 Å². The average Bonchev–Trinajstić information content (AvgIpc) is 2.79. The summed E-state index contributed by atoms with van der Waals surface area (Å²) in [6.45, 7) is 5.88. The molecule has 1 heterocycles. The van der Waals surface area contributed by atoms with E-state index in [9.17, 15) is 9.59 Å². The molecule has 0 aliphatic carbocycles. The molecule has 2 atom stereocenters. The van der Waals surface area contributed by atoms with Crippen LogP contribution in [-0.2, 0) is 19.1 Å². The van der Waals surface area contributed by atoms with Gasteiger partial charge in [-0.25, -0.2) is 4.79 Å². The molecule has 126 valence electrons. The van der Waals surface area contributed by atoms with Gasteiger partial charge in [-0.1, -0.05) is 64.9 Å². The Morgan fingerprint density at radius 1 is 1.09 bits per heavy atom. The average molecular weight is 310 g/mol. The van der Waals surface area contributed by atoms with Crippen LogP contribution < -0.4 is 0 Å². The van der Waals surface area contributed by atoms with Gasteiger partial charge >= 0.3 is 11.9 Å². The Morgan fingerprint density at radius 2 is 1.64 bits per heavy atom. The highest BCUT2D eigenvalue weighted by atomic mass is 16.6. The van der Waals surface area contributed by atoms with E-state index >= 15 is 0 Å². The van der Waals surface area contributed by atoms with Crippen LogP contribution in [0.15, 0.2) is 12.2 Å². The summed E-state index contributed by atoms with van der Waals surface area (Å²) in [4.78, 5) is 23.3. The van der Waals surface area contributed by atoms with Crippen molar-refractivity contribution < 1.29 is 19.1 Å². The predicted octanol–water partition coefficient (Wildman–Crippen LogP) is 4.18. The highest BCUT2D eigenvalue weighted by Gasteiger charge is 2.43. The van der Waals surface area contributed by atoms with E-state index in [1.165, 1.54) is 52.1 Å². The third-order valence-corrected chi connectivity index (χ3v) is 4.32. The zero-order valence-corrected chi connectivity index (χ0v) is 14.1. The Balaban J connectivity index is 2.17. The standard InChI is InChI=1S/C18H30O4/c1-4-5-6-7-8-9-10-11-12-13-15-16(18(20)21-3)14(2)17(19)22-15/h15-16H,2,4-13H2,1,3H3/t15-,16+/m0/s1.